The lowest BCUT2D eigenvalue weighted by Crippen LogP contribution is -2.27. The van der Waals surface area contributed by atoms with Gasteiger partial charge in [-0.1, -0.05) is 69.0 Å². The Morgan fingerprint density at radius 3 is 2.00 bits per heavy atom. The highest BCUT2D eigenvalue weighted by atomic mass is 32.2. The van der Waals surface area contributed by atoms with Crippen LogP contribution in [-0.2, 0) is 10.2 Å². The minimum Gasteiger partial charge on any atom is -0.493 e. The van der Waals surface area contributed by atoms with Crippen LogP contribution >= 0.6 is 24.0 Å². The Balaban J connectivity index is 1.42. The Labute approximate surface area is 194 Å². The van der Waals surface area contributed by atoms with Crippen LogP contribution in [0.15, 0.2) is 53.4 Å². The summed E-state index contributed by atoms with van der Waals surface area (Å²) in [6.07, 6.45) is 2.67. The van der Waals surface area contributed by atoms with E-state index < -0.39 is 0 Å². The molecule has 2 aromatic carbocycles. The molecule has 0 unspecified atom stereocenters. The Bertz CT molecular complexity index is 944. The number of ether oxygens (including phenoxy) is 2. The Kier molecular flexibility index (Phi) is 7.79. The van der Waals surface area contributed by atoms with E-state index in [4.69, 9.17) is 21.7 Å². The van der Waals surface area contributed by atoms with Crippen molar-refractivity contribution in [1.82, 2.24) is 4.90 Å². The van der Waals surface area contributed by atoms with Crippen molar-refractivity contribution in [1.29, 1.82) is 0 Å². The SMILES string of the molecule is CCN1C(=O)/C(=C/c2ccc(OCCCOc3ccc(C(C)(C)C)cc3)cc2)SC1=S. The third-order valence-electron chi connectivity index (χ3n) is 4.91. The topological polar surface area (TPSA) is 38.8 Å². The van der Waals surface area contributed by atoms with Gasteiger partial charge < -0.3 is 9.47 Å². The number of nitrogens with zero attached hydrogens (tertiary/aromatic N) is 1. The molecule has 1 amide bonds. The third-order valence-corrected chi connectivity index (χ3v) is 6.29. The van der Waals surface area contributed by atoms with Gasteiger partial charge in [0.05, 0.1) is 18.1 Å². The molecule has 0 spiro atoms. The van der Waals surface area contributed by atoms with E-state index in [1.165, 1.54) is 17.3 Å². The summed E-state index contributed by atoms with van der Waals surface area (Å²) in [5.74, 6) is 1.66. The monoisotopic (exact) mass is 455 g/mol. The number of thioether (sulfide) groups is 1. The number of amides is 1. The first kappa shape index (κ1) is 23.4. The van der Waals surface area contributed by atoms with Crippen LogP contribution < -0.4 is 9.47 Å². The molecule has 1 aliphatic rings. The summed E-state index contributed by atoms with van der Waals surface area (Å²) in [7, 11) is 0. The summed E-state index contributed by atoms with van der Waals surface area (Å²) in [5, 5.41) is 0. The van der Waals surface area contributed by atoms with Gasteiger partial charge in [-0.15, -0.1) is 0 Å². The first-order valence-corrected chi connectivity index (χ1v) is 11.7. The van der Waals surface area contributed by atoms with Crippen LogP contribution in [0.4, 0.5) is 0 Å². The molecule has 3 rings (SSSR count). The zero-order valence-electron chi connectivity index (χ0n) is 18.5. The van der Waals surface area contributed by atoms with Gasteiger partial charge in [-0.25, -0.2) is 0 Å². The molecule has 0 bridgehead atoms. The fourth-order valence-corrected chi connectivity index (χ4v) is 4.46. The van der Waals surface area contributed by atoms with Crippen molar-refractivity contribution in [3.8, 4) is 11.5 Å². The molecule has 6 heteroatoms. The van der Waals surface area contributed by atoms with Gasteiger partial charge in [0, 0.05) is 13.0 Å². The molecule has 164 valence electrons. The van der Waals surface area contributed by atoms with Crippen LogP contribution in [0.2, 0.25) is 0 Å². The number of hydrogen-bond donors (Lipinski definition) is 0. The summed E-state index contributed by atoms with van der Waals surface area (Å²) in [6, 6.07) is 16.0. The molecule has 0 atom stereocenters. The molecule has 31 heavy (non-hydrogen) atoms. The number of carbonyl (C=O) groups is 1. The van der Waals surface area contributed by atoms with E-state index in [1.807, 2.05) is 49.4 Å². The van der Waals surface area contributed by atoms with Crippen molar-refractivity contribution < 1.29 is 14.3 Å². The molecular weight excluding hydrogens is 426 g/mol. The molecule has 0 N–H and O–H groups in total. The number of thiocarbonyl (C=S) groups is 1. The van der Waals surface area contributed by atoms with Crippen LogP contribution in [0.25, 0.3) is 6.08 Å². The maximum atomic E-state index is 12.3. The number of carbonyl (C=O) groups excluding carboxylic acids is 1. The quantitative estimate of drug-likeness (QED) is 0.275. The summed E-state index contributed by atoms with van der Waals surface area (Å²) in [4.78, 5) is 14.6. The van der Waals surface area contributed by atoms with E-state index in [1.54, 1.807) is 4.90 Å². The molecule has 0 saturated carbocycles. The van der Waals surface area contributed by atoms with Crippen molar-refractivity contribution in [3.05, 3.63) is 64.6 Å². The number of hydrogen-bond acceptors (Lipinski definition) is 5. The highest BCUT2D eigenvalue weighted by Crippen LogP contribution is 2.32. The fraction of sp³-hybridized carbons (Fsp3) is 0.360. The predicted octanol–water partition coefficient (Wildman–Crippen LogP) is 6.05. The van der Waals surface area contributed by atoms with E-state index in [9.17, 15) is 4.79 Å². The largest absolute Gasteiger partial charge is 0.493 e. The predicted molar refractivity (Wildman–Crippen MR) is 133 cm³/mol. The molecule has 2 aromatic rings. The third kappa shape index (κ3) is 6.34. The zero-order valence-corrected chi connectivity index (χ0v) is 20.1. The van der Waals surface area contributed by atoms with Gasteiger partial charge in [0.1, 0.15) is 15.8 Å². The molecule has 0 radical (unpaired) electrons. The van der Waals surface area contributed by atoms with Gasteiger partial charge >= 0.3 is 0 Å². The van der Waals surface area contributed by atoms with E-state index in [0.717, 1.165) is 23.5 Å². The Morgan fingerprint density at radius 1 is 0.968 bits per heavy atom. The van der Waals surface area contributed by atoms with Crippen LogP contribution in [0.5, 0.6) is 11.5 Å². The normalized spacial score (nSPS) is 15.6. The van der Waals surface area contributed by atoms with Crippen molar-refractivity contribution in [3.63, 3.8) is 0 Å². The minimum atomic E-state index is -0.0223. The highest BCUT2D eigenvalue weighted by molar-refractivity contribution is 8.26. The van der Waals surface area contributed by atoms with Crippen LogP contribution in [-0.4, -0.2) is 34.9 Å². The molecular formula is C25H29NO3S2. The van der Waals surface area contributed by atoms with Crippen LogP contribution in [0.1, 0.15) is 45.2 Å². The van der Waals surface area contributed by atoms with Gasteiger partial charge in [0.2, 0.25) is 0 Å². The fourth-order valence-electron chi connectivity index (χ4n) is 3.07. The van der Waals surface area contributed by atoms with Gasteiger partial charge in [0.15, 0.2) is 0 Å². The molecule has 1 aliphatic heterocycles. The molecule has 4 nitrogen and oxygen atoms in total. The zero-order chi connectivity index (χ0) is 22.4. The number of benzene rings is 2. The second-order valence-corrected chi connectivity index (χ2v) is 10.00. The van der Waals surface area contributed by atoms with E-state index >= 15 is 0 Å². The summed E-state index contributed by atoms with van der Waals surface area (Å²) in [5.41, 5.74) is 2.39. The van der Waals surface area contributed by atoms with Crippen molar-refractivity contribution in [2.75, 3.05) is 19.8 Å². The second kappa shape index (κ2) is 10.3. The first-order chi connectivity index (χ1) is 14.8. The van der Waals surface area contributed by atoms with Gasteiger partial charge in [0.25, 0.3) is 5.91 Å². The average molecular weight is 456 g/mol. The lowest BCUT2D eigenvalue weighted by molar-refractivity contribution is -0.121. The second-order valence-electron chi connectivity index (χ2n) is 8.32. The lowest BCUT2D eigenvalue weighted by Gasteiger charge is -2.19. The Morgan fingerprint density at radius 2 is 1.52 bits per heavy atom. The van der Waals surface area contributed by atoms with E-state index in [-0.39, 0.29) is 11.3 Å². The maximum absolute atomic E-state index is 12.3. The number of rotatable bonds is 8. The van der Waals surface area contributed by atoms with Gasteiger partial charge in [-0.3, -0.25) is 9.69 Å². The Hall–Kier alpha value is -2.31. The van der Waals surface area contributed by atoms with Crippen LogP contribution in [0, 0.1) is 0 Å². The molecule has 1 saturated heterocycles. The van der Waals surface area contributed by atoms with Gasteiger partial charge in [-0.05, 0) is 53.8 Å². The van der Waals surface area contributed by atoms with Crippen molar-refractivity contribution >= 4 is 40.3 Å². The molecule has 1 fully saturated rings. The standard InChI is InChI=1S/C25H29NO3S2/c1-5-26-23(27)22(31-24(26)30)17-18-7-11-20(12-8-18)28-15-6-16-29-21-13-9-19(10-14-21)25(2,3)4/h7-14,17H,5-6,15-16H2,1-4H3/b22-17-. The number of likely N-dealkylation sites (N-methyl/N-ethyl adjacent to an activating group) is 1. The first-order valence-electron chi connectivity index (χ1n) is 10.5. The summed E-state index contributed by atoms with van der Waals surface area (Å²) in [6.45, 7) is 10.3. The molecule has 1 heterocycles. The molecule has 0 aliphatic carbocycles. The van der Waals surface area contributed by atoms with Gasteiger partial charge in [-0.2, -0.15) is 0 Å². The summed E-state index contributed by atoms with van der Waals surface area (Å²) < 4.78 is 12.2. The van der Waals surface area contributed by atoms with E-state index in [2.05, 4.69) is 32.9 Å². The van der Waals surface area contributed by atoms with Crippen molar-refractivity contribution in [2.24, 2.45) is 0 Å². The maximum Gasteiger partial charge on any atom is 0.266 e. The minimum absolute atomic E-state index is 0.0223. The van der Waals surface area contributed by atoms with Crippen LogP contribution in [0.3, 0.4) is 0 Å². The average Bonchev–Trinajstić information content (AvgIpc) is 3.01. The van der Waals surface area contributed by atoms with E-state index in [0.29, 0.717) is 29.0 Å². The highest BCUT2D eigenvalue weighted by Gasteiger charge is 2.30. The summed E-state index contributed by atoms with van der Waals surface area (Å²) >= 11 is 6.60. The van der Waals surface area contributed by atoms with Crippen molar-refractivity contribution in [2.45, 2.75) is 39.5 Å². The smallest absolute Gasteiger partial charge is 0.266 e. The molecule has 0 aromatic heterocycles. The lowest BCUT2D eigenvalue weighted by atomic mass is 9.87.